The van der Waals surface area contributed by atoms with E-state index in [9.17, 15) is 4.79 Å². The number of pyridine rings is 1. The Balaban J connectivity index is 1.60. The highest BCUT2D eigenvalue weighted by atomic mass is 16.5. The lowest BCUT2D eigenvalue weighted by molar-refractivity contribution is 0.0950. The second-order valence-corrected chi connectivity index (χ2v) is 6.13. The fraction of sp³-hybridized carbons (Fsp3) is 0.368. The molecule has 5 heteroatoms. The van der Waals surface area contributed by atoms with E-state index < -0.39 is 0 Å². The number of anilines is 1. The van der Waals surface area contributed by atoms with Crippen molar-refractivity contribution in [1.82, 2.24) is 10.3 Å². The van der Waals surface area contributed by atoms with Crippen LogP contribution < -0.4 is 10.2 Å². The van der Waals surface area contributed by atoms with Gasteiger partial charge in [-0.1, -0.05) is 23.8 Å². The summed E-state index contributed by atoms with van der Waals surface area (Å²) < 4.78 is 5.35. The summed E-state index contributed by atoms with van der Waals surface area (Å²) in [5, 5.41) is 2.97. The molecule has 1 fully saturated rings. The number of carbonyl (C=O) groups excluding carboxylic acids is 1. The van der Waals surface area contributed by atoms with Crippen LogP contribution in [0.4, 0.5) is 5.82 Å². The van der Waals surface area contributed by atoms with E-state index in [2.05, 4.69) is 15.2 Å². The normalized spacial score (nSPS) is 14.5. The van der Waals surface area contributed by atoms with Crippen LogP contribution in [0.15, 0.2) is 36.5 Å². The molecule has 0 atom stereocenters. The van der Waals surface area contributed by atoms with Gasteiger partial charge in [0.2, 0.25) is 0 Å². The van der Waals surface area contributed by atoms with E-state index in [0.717, 1.165) is 54.4 Å². The minimum Gasteiger partial charge on any atom is -0.378 e. The molecule has 1 aromatic heterocycles. The molecule has 2 aromatic rings. The van der Waals surface area contributed by atoms with Gasteiger partial charge in [-0.05, 0) is 37.1 Å². The average Bonchev–Trinajstić information content (AvgIpc) is 2.63. The van der Waals surface area contributed by atoms with E-state index in [0.29, 0.717) is 6.54 Å². The lowest BCUT2D eigenvalue weighted by atomic mass is 10.1. The molecule has 3 rings (SSSR count). The predicted octanol–water partition coefficient (Wildman–Crippen LogP) is 2.47. The topological polar surface area (TPSA) is 54.5 Å². The Hall–Kier alpha value is -2.40. The van der Waals surface area contributed by atoms with Crippen LogP contribution in [-0.4, -0.2) is 37.2 Å². The first-order valence-electron chi connectivity index (χ1n) is 8.26. The molecule has 126 valence electrons. The van der Waals surface area contributed by atoms with Crippen molar-refractivity contribution >= 4 is 11.7 Å². The van der Waals surface area contributed by atoms with E-state index in [4.69, 9.17) is 4.74 Å². The van der Waals surface area contributed by atoms with Crippen LogP contribution >= 0.6 is 0 Å². The Bertz CT molecular complexity index is 707. The summed E-state index contributed by atoms with van der Waals surface area (Å²) in [6.45, 7) is 7.65. The highest BCUT2D eigenvalue weighted by molar-refractivity contribution is 5.95. The van der Waals surface area contributed by atoms with Crippen molar-refractivity contribution in [1.29, 1.82) is 0 Å². The fourth-order valence-electron chi connectivity index (χ4n) is 2.76. The number of amides is 1. The summed E-state index contributed by atoms with van der Waals surface area (Å²) in [6, 6.07) is 9.93. The Labute approximate surface area is 142 Å². The maximum absolute atomic E-state index is 12.4. The molecule has 1 aliphatic heterocycles. The zero-order valence-electron chi connectivity index (χ0n) is 14.2. The highest BCUT2D eigenvalue weighted by Crippen LogP contribution is 2.14. The fourth-order valence-corrected chi connectivity index (χ4v) is 2.76. The SMILES string of the molecule is Cc1ccc(C)c(C(=O)NCc2ccc(N3CCOCC3)nc2)c1. The van der Waals surface area contributed by atoms with Crippen molar-refractivity contribution in [2.75, 3.05) is 31.2 Å². The van der Waals surface area contributed by atoms with Crippen LogP contribution in [-0.2, 0) is 11.3 Å². The van der Waals surface area contributed by atoms with E-state index >= 15 is 0 Å². The molecule has 1 aromatic carbocycles. The first kappa shape index (κ1) is 16.5. The maximum atomic E-state index is 12.4. The summed E-state index contributed by atoms with van der Waals surface area (Å²) >= 11 is 0. The monoisotopic (exact) mass is 325 g/mol. The number of aryl methyl sites for hydroxylation is 2. The first-order valence-corrected chi connectivity index (χ1v) is 8.26. The third kappa shape index (κ3) is 3.92. The van der Waals surface area contributed by atoms with Gasteiger partial charge in [-0.15, -0.1) is 0 Å². The van der Waals surface area contributed by atoms with Crippen LogP contribution in [0.1, 0.15) is 27.0 Å². The van der Waals surface area contributed by atoms with Crippen molar-refractivity contribution in [2.24, 2.45) is 0 Å². The average molecular weight is 325 g/mol. The van der Waals surface area contributed by atoms with Crippen LogP contribution in [0.5, 0.6) is 0 Å². The molecule has 0 saturated carbocycles. The Morgan fingerprint density at radius 1 is 1.21 bits per heavy atom. The number of nitrogens with one attached hydrogen (secondary N) is 1. The maximum Gasteiger partial charge on any atom is 0.251 e. The van der Waals surface area contributed by atoms with Gasteiger partial charge >= 0.3 is 0 Å². The van der Waals surface area contributed by atoms with E-state index in [1.165, 1.54) is 0 Å². The molecular formula is C19H23N3O2. The molecule has 1 aliphatic rings. The smallest absolute Gasteiger partial charge is 0.251 e. The van der Waals surface area contributed by atoms with Gasteiger partial charge < -0.3 is 15.0 Å². The molecule has 1 N–H and O–H groups in total. The van der Waals surface area contributed by atoms with E-state index in [1.54, 1.807) is 0 Å². The van der Waals surface area contributed by atoms with E-state index in [1.807, 2.05) is 50.4 Å². The second-order valence-electron chi connectivity index (χ2n) is 6.13. The number of carbonyl (C=O) groups is 1. The van der Waals surface area contributed by atoms with Gasteiger partial charge in [0.25, 0.3) is 5.91 Å². The summed E-state index contributed by atoms with van der Waals surface area (Å²) in [5.41, 5.74) is 3.79. The number of morpholine rings is 1. The van der Waals surface area contributed by atoms with Crippen molar-refractivity contribution in [2.45, 2.75) is 20.4 Å². The van der Waals surface area contributed by atoms with Crippen LogP contribution in [0.2, 0.25) is 0 Å². The molecule has 0 bridgehead atoms. The number of rotatable bonds is 4. The molecule has 0 radical (unpaired) electrons. The molecule has 1 saturated heterocycles. The lowest BCUT2D eigenvalue weighted by Gasteiger charge is -2.27. The zero-order valence-corrected chi connectivity index (χ0v) is 14.2. The second kappa shape index (κ2) is 7.45. The van der Waals surface area contributed by atoms with Crippen molar-refractivity contribution in [3.05, 3.63) is 58.8 Å². The molecule has 0 spiro atoms. The van der Waals surface area contributed by atoms with Gasteiger partial charge in [-0.3, -0.25) is 4.79 Å². The lowest BCUT2D eigenvalue weighted by Crippen LogP contribution is -2.36. The largest absolute Gasteiger partial charge is 0.378 e. The van der Waals surface area contributed by atoms with Gasteiger partial charge in [0, 0.05) is 31.4 Å². The van der Waals surface area contributed by atoms with Crippen LogP contribution in [0.25, 0.3) is 0 Å². The number of benzene rings is 1. The van der Waals surface area contributed by atoms with Crippen LogP contribution in [0, 0.1) is 13.8 Å². The number of hydrogen-bond donors (Lipinski definition) is 1. The van der Waals surface area contributed by atoms with Crippen LogP contribution in [0.3, 0.4) is 0 Å². The van der Waals surface area contributed by atoms with Gasteiger partial charge in [-0.2, -0.15) is 0 Å². The van der Waals surface area contributed by atoms with Gasteiger partial charge in [-0.25, -0.2) is 4.98 Å². The summed E-state index contributed by atoms with van der Waals surface area (Å²) in [6.07, 6.45) is 1.83. The van der Waals surface area contributed by atoms with Crippen molar-refractivity contribution in [3.63, 3.8) is 0 Å². The van der Waals surface area contributed by atoms with Crippen molar-refractivity contribution < 1.29 is 9.53 Å². The van der Waals surface area contributed by atoms with Gasteiger partial charge in [0.1, 0.15) is 5.82 Å². The molecule has 5 nitrogen and oxygen atoms in total. The molecule has 2 heterocycles. The minimum atomic E-state index is -0.0477. The predicted molar refractivity (Wildman–Crippen MR) is 94.4 cm³/mol. The molecule has 0 aliphatic carbocycles. The molecular weight excluding hydrogens is 302 g/mol. The number of hydrogen-bond acceptors (Lipinski definition) is 4. The van der Waals surface area contributed by atoms with Gasteiger partial charge in [0.15, 0.2) is 0 Å². The summed E-state index contributed by atoms with van der Waals surface area (Å²) in [7, 11) is 0. The number of ether oxygens (including phenoxy) is 1. The first-order chi connectivity index (χ1) is 11.6. The zero-order chi connectivity index (χ0) is 16.9. The molecule has 1 amide bonds. The standard InChI is InChI=1S/C19H23N3O2/c1-14-3-4-15(2)17(11-14)19(23)21-13-16-5-6-18(20-12-16)22-7-9-24-10-8-22/h3-6,11-12H,7-10,13H2,1-2H3,(H,21,23). The third-order valence-corrected chi connectivity index (χ3v) is 4.23. The summed E-state index contributed by atoms with van der Waals surface area (Å²) in [4.78, 5) is 19.1. The Morgan fingerprint density at radius 3 is 2.71 bits per heavy atom. The minimum absolute atomic E-state index is 0.0477. The highest BCUT2D eigenvalue weighted by Gasteiger charge is 2.12. The summed E-state index contributed by atoms with van der Waals surface area (Å²) in [5.74, 6) is 0.913. The Morgan fingerprint density at radius 2 is 2.00 bits per heavy atom. The van der Waals surface area contributed by atoms with Crippen molar-refractivity contribution in [3.8, 4) is 0 Å². The Kier molecular flexibility index (Phi) is 5.11. The molecule has 0 unspecified atom stereocenters. The number of aromatic nitrogens is 1. The molecule has 24 heavy (non-hydrogen) atoms. The quantitative estimate of drug-likeness (QED) is 0.938. The number of nitrogens with zero attached hydrogens (tertiary/aromatic N) is 2. The third-order valence-electron chi connectivity index (χ3n) is 4.23. The van der Waals surface area contributed by atoms with Gasteiger partial charge in [0.05, 0.1) is 13.2 Å². The van der Waals surface area contributed by atoms with E-state index in [-0.39, 0.29) is 5.91 Å².